The molecule has 2 aromatic carbocycles. The van der Waals surface area contributed by atoms with Crippen LogP contribution in [0.5, 0.6) is 0 Å². The highest BCUT2D eigenvalue weighted by Gasteiger charge is 2.56. The zero-order valence-corrected chi connectivity index (χ0v) is 17.4. The molecule has 4 nitrogen and oxygen atoms in total. The first-order valence-corrected chi connectivity index (χ1v) is 9.91. The lowest BCUT2D eigenvalue weighted by molar-refractivity contribution is 0.0272. The lowest BCUT2D eigenvalue weighted by Crippen LogP contribution is -2.39. The molecule has 0 saturated heterocycles. The van der Waals surface area contributed by atoms with Crippen molar-refractivity contribution in [2.24, 2.45) is 5.92 Å². The molecule has 2 atom stereocenters. The van der Waals surface area contributed by atoms with E-state index in [1.54, 1.807) is 4.90 Å². The first-order valence-electron chi connectivity index (χ1n) is 9.91. The van der Waals surface area contributed by atoms with Crippen molar-refractivity contribution in [2.75, 3.05) is 20.2 Å². The number of carbonyl (C=O) groups is 1. The molecule has 3 rings (SSSR count). The fourth-order valence-electron chi connectivity index (χ4n) is 3.73. The van der Waals surface area contributed by atoms with E-state index in [9.17, 15) is 4.79 Å². The highest BCUT2D eigenvalue weighted by molar-refractivity contribution is 5.68. The minimum absolute atomic E-state index is 0.0659. The van der Waals surface area contributed by atoms with Crippen LogP contribution < -0.4 is 0 Å². The van der Waals surface area contributed by atoms with Crippen LogP contribution in [0.4, 0.5) is 4.79 Å². The molecule has 1 aliphatic carbocycles. The molecule has 0 radical (unpaired) electrons. The van der Waals surface area contributed by atoms with Crippen molar-refractivity contribution in [3.63, 3.8) is 0 Å². The number of nitrogens with zero attached hydrogens (tertiary/aromatic N) is 1. The second-order valence-corrected chi connectivity index (χ2v) is 8.76. The summed E-state index contributed by atoms with van der Waals surface area (Å²) in [4.78, 5) is 14.2. The van der Waals surface area contributed by atoms with Crippen LogP contribution in [0.2, 0.25) is 0 Å². The van der Waals surface area contributed by atoms with Gasteiger partial charge in [-0.1, -0.05) is 60.7 Å². The molecular weight excluding hydrogens is 350 g/mol. The second-order valence-electron chi connectivity index (χ2n) is 8.76. The smallest absolute Gasteiger partial charge is 0.410 e. The molecule has 1 amide bonds. The van der Waals surface area contributed by atoms with E-state index >= 15 is 0 Å². The van der Waals surface area contributed by atoms with Gasteiger partial charge in [0.05, 0.1) is 13.2 Å². The van der Waals surface area contributed by atoms with Gasteiger partial charge in [-0.15, -0.1) is 0 Å². The lowest BCUT2D eigenvalue weighted by Gasteiger charge is -2.28. The average Bonchev–Trinajstić information content (AvgIpc) is 3.35. The zero-order chi connectivity index (χ0) is 20.2. The Bertz CT molecular complexity index is 769. The van der Waals surface area contributed by atoms with E-state index in [2.05, 4.69) is 36.4 Å². The second kappa shape index (κ2) is 8.36. The molecule has 0 heterocycles. The molecule has 1 saturated carbocycles. The van der Waals surface area contributed by atoms with Crippen LogP contribution in [-0.4, -0.2) is 36.8 Å². The molecule has 1 aliphatic rings. The standard InChI is InChI=1S/C24H31NO3/c1-23(2,3)28-22(26)25(4)18-24(20-13-9-6-10-14-20)15-21(24)17-27-16-19-11-7-5-8-12-19/h5-14,21H,15-18H2,1-4H3/t21-,24+/m0/s1. The van der Waals surface area contributed by atoms with Crippen molar-refractivity contribution in [2.45, 2.75) is 44.8 Å². The Morgan fingerprint density at radius 2 is 1.68 bits per heavy atom. The molecule has 150 valence electrons. The van der Waals surface area contributed by atoms with E-state index in [0.717, 1.165) is 6.42 Å². The Hall–Kier alpha value is -2.33. The minimum atomic E-state index is -0.493. The van der Waals surface area contributed by atoms with Crippen molar-refractivity contribution in [1.29, 1.82) is 0 Å². The Morgan fingerprint density at radius 3 is 2.29 bits per heavy atom. The van der Waals surface area contributed by atoms with Crippen molar-refractivity contribution in [1.82, 2.24) is 4.90 Å². The topological polar surface area (TPSA) is 38.8 Å². The number of rotatable bonds is 7. The summed E-state index contributed by atoms with van der Waals surface area (Å²) >= 11 is 0. The highest BCUT2D eigenvalue weighted by Crippen LogP contribution is 2.55. The van der Waals surface area contributed by atoms with Crippen LogP contribution in [0, 0.1) is 5.92 Å². The van der Waals surface area contributed by atoms with Gasteiger partial charge in [0.25, 0.3) is 0 Å². The third kappa shape index (κ3) is 5.14. The van der Waals surface area contributed by atoms with Crippen LogP contribution in [0.15, 0.2) is 60.7 Å². The summed E-state index contributed by atoms with van der Waals surface area (Å²) in [5.41, 5.74) is 1.88. The SMILES string of the molecule is CN(C[C@@]1(c2ccccc2)C[C@H]1COCc1ccccc1)C(=O)OC(C)(C)C. The number of hydrogen-bond acceptors (Lipinski definition) is 3. The van der Waals surface area contributed by atoms with Gasteiger partial charge in [0.1, 0.15) is 5.60 Å². The van der Waals surface area contributed by atoms with Gasteiger partial charge in [-0.3, -0.25) is 0 Å². The lowest BCUT2D eigenvalue weighted by atomic mass is 9.92. The Kier molecular flexibility index (Phi) is 6.09. The van der Waals surface area contributed by atoms with Gasteiger partial charge in [-0.25, -0.2) is 4.79 Å². The monoisotopic (exact) mass is 381 g/mol. The first-order chi connectivity index (χ1) is 13.3. The van der Waals surface area contributed by atoms with Crippen molar-refractivity contribution >= 4 is 6.09 Å². The van der Waals surface area contributed by atoms with Crippen molar-refractivity contribution < 1.29 is 14.3 Å². The van der Waals surface area contributed by atoms with E-state index in [0.29, 0.717) is 25.7 Å². The highest BCUT2D eigenvalue weighted by atomic mass is 16.6. The summed E-state index contributed by atoms with van der Waals surface area (Å²) in [6, 6.07) is 20.7. The number of carbonyl (C=O) groups excluding carboxylic acids is 1. The normalized spacial score (nSPS) is 21.2. The maximum atomic E-state index is 12.5. The zero-order valence-electron chi connectivity index (χ0n) is 17.4. The van der Waals surface area contributed by atoms with Gasteiger partial charge in [-0.05, 0) is 44.2 Å². The third-order valence-electron chi connectivity index (χ3n) is 5.24. The van der Waals surface area contributed by atoms with Crippen molar-refractivity contribution in [3.05, 3.63) is 71.8 Å². The molecule has 28 heavy (non-hydrogen) atoms. The molecule has 4 heteroatoms. The quantitative estimate of drug-likeness (QED) is 0.675. The number of ether oxygens (including phenoxy) is 2. The minimum Gasteiger partial charge on any atom is -0.444 e. The van der Waals surface area contributed by atoms with Gasteiger partial charge in [0.15, 0.2) is 0 Å². The Labute approximate surface area is 168 Å². The molecule has 0 bridgehead atoms. The summed E-state index contributed by atoms with van der Waals surface area (Å²) in [5, 5.41) is 0. The van der Waals surface area contributed by atoms with E-state index in [4.69, 9.17) is 9.47 Å². The van der Waals surface area contributed by atoms with Crippen LogP contribution in [-0.2, 0) is 21.5 Å². The van der Waals surface area contributed by atoms with Gasteiger partial charge in [0, 0.05) is 19.0 Å². The van der Waals surface area contributed by atoms with Crippen molar-refractivity contribution in [3.8, 4) is 0 Å². The van der Waals surface area contributed by atoms with E-state index in [-0.39, 0.29) is 11.5 Å². The number of benzene rings is 2. The van der Waals surface area contributed by atoms with E-state index in [1.807, 2.05) is 52.1 Å². The summed E-state index contributed by atoms with van der Waals surface area (Å²) in [5.74, 6) is 0.392. The predicted octanol–water partition coefficient (Wildman–Crippen LogP) is 5.03. The van der Waals surface area contributed by atoms with E-state index in [1.165, 1.54) is 11.1 Å². The predicted molar refractivity (Wildman–Crippen MR) is 111 cm³/mol. The summed E-state index contributed by atoms with van der Waals surface area (Å²) in [6.07, 6.45) is 0.734. The molecule has 0 N–H and O–H groups in total. The van der Waals surface area contributed by atoms with Crippen LogP contribution in [0.1, 0.15) is 38.3 Å². The van der Waals surface area contributed by atoms with Crippen LogP contribution >= 0.6 is 0 Å². The maximum Gasteiger partial charge on any atom is 0.410 e. The Balaban J connectivity index is 1.64. The summed E-state index contributed by atoms with van der Waals surface area (Å²) in [6.45, 7) is 7.61. The van der Waals surface area contributed by atoms with Gasteiger partial charge in [-0.2, -0.15) is 0 Å². The molecule has 1 fully saturated rings. The van der Waals surface area contributed by atoms with Gasteiger partial charge >= 0.3 is 6.09 Å². The van der Waals surface area contributed by atoms with Gasteiger partial charge < -0.3 is 14.4 Å². The van der Waals surface area contributed by atoms with Crippen LogP contribution in [0.25, 0.3) is 0 Å². The number of hydrogen-bond donors (Lipinski definition) is 0. The third-order valence-corrected chi connectivity index (χ3v) is 5.24. The molecule has 0 unspecified atom stereocenters. The Morgan fingerprint density at radius 1 is 1.07 bits per heavy atom. The molecular formula is C24H31NO3. The number of likely N-dealkylation sites (N-methyl/N-ethyl adjacent to an activating group) is 1. The molecule has 0 aliphatic heterocycles. The summed E-state index contributed by atoms with van der Waals surface area (Å²) in [7, 11) is 1.82. The fourth-order valence-corrected chi connectivity index (χ4v) is 3.73. The molecule has 0 aromatic heterocycles. The van der Waals surface area contributed by atoms with Gasteiger partial charge in [0.2, 0.25) is 0 Å². The van der Waals surface area contributed by atoms with Crippen LogP contribution in [0.3, 0.4) is 0 Å². The largest absolute Gasteiger partial charge is 0.444 e. The van der Waals surface area contributed by atoms with E-state index < -0.39 is 5.60 Å². The summed E-state index contributed by atoms with van der Waals surface area (Å²) < 4.78 is 11.5. The maximum absolute atomic E-state index is 12.5. The average molecular weight is 382 g/mol. The molecule has 0 spiro atoms. The number of amides is 1. The molecule has 2 aromatic rings. The first kappa shape index (κ1) is 20.4. The fraction of sp³-hybridized carbons (Fsp3) is 0.458.